The number of fused-ring (bicyclic) bond motifs is 1. The molecule has 0 aliphatic carbocycles. The molecule has 0 bridgehead atoms. The van der Waals surface area contributed by atoms with Crippen LogP contribution in [0.25, 0.3) is 10.6 Å². The van der Waals surface area contributed by atoms with Gasteiger partial charge in [0.25, 0.3) is 0 Å². The van der Waals surface area contributed by atoms with Crippen LogP contribution in [0.1, 0.15) is 23.7 Å². The Kier molecular flexibility index (Phi) is 4.24. The highest BCUT2D eigenvalue weighted by molar-refractivity contribution is 7.13. The van der Waals surface area contributed by atoms with Crippen molar-refractivity contribution in [3.05, 3.63) is 58.3 Å². The standard InChI is InChI=1S/C19H19FN4OS/c1-11-8-13(5-6-15(11)20)21-19(25)24-10-14-16(9-12(24)2)22-23-18(14)17-4-3-7-26-17/h3-8,12H,9-10H2,1-2H3,(H,21,25)(H,22,23). The molecule has 2 aromatic heterocycles. The van der Waals surface area contributed by atoms with E-state index in [-0.39, 0.29) is 17.9 Å². The summed E-state index contributed by atoms with van der Waals surface area (Å²) in [6.07, 6.45) is 0.726. The SMILES string of the molecule is Cc1cc(NC(=O)N2Cc3c(-c4cccs4)n[nH]c3CC2C)ccc1F. The molecule has 0 spiro atoms. The van der Waals surface area contributed by atoms with Crippen molar-refractivity contribution in [3.8, 4) is 10.6 Å². The number of aromatic nitrogens is 2. The van der Waals surface area contributed by atoms with Gasteiger partial charge in [-0.3, -0.25) is 5.10 Å². The van der Waals surface area contributed by atoms with E-state index in [4.69, 9.17) is 0 Å². The lowest BCUT2D eigenvalue weighted by atomic mass is 9.99. The molecule has 1 aliphatic rings. The third kappa shape index (κ3) is 2.99. The maximum atomic E-state index is 13.4. The van der Waals surface area contributed by atoms with Crippen LogP contribution in [-0.4, -0.2) is 27.2 Å². The Morgan fingerprint density at radius 2 is 2.27 bits per heavy atom. The summed E-state index contributed by atoms with van der Waals surface area (Å²) >= 11 is 1.63. The second-order valence-corrected chi connectivity index (χ2v) is 7.53. The molecule has 3 heterocycles. The Labute approximate surface area is 154 Å². The fourth-order valence-electron chi connectivity index (χ4n) is 3.28. The topological polar surface area (TPSA) is 61.0 Å². The van der Waals surface area contributed by atoms with Gasteiger partial charge in [-0.2, -0.15) is 5.10 Å². The van der Waals surface area contributed by atoms with E-state index >= 15 is 0 Å². The van der Waals surface area contributed by atoms with Crippen molar-refractivity contribution in [3.63, 3.8) is 0 Å². The minimum atomic E-state index is -0.280. The zero-order valence-corrected chi connectivity index (χ0v) is 15.4. The molecule has 1 atom stereocenters. The molecule has 0 fully saturated rings. The van der Waals surface area contributed by atoms with Gasteiger partial charge in [-0.15, -0.1) is 11.3 Å². The van der Waals surface area contributed by atoms with E-state index in [0.717, 1.165) is 28.2 Å². The van der Waals surface area contributed by atoms with Gasteiger partial charge in [0, 0.05) is 29.4 Å². The zero-order chi connectivity index (χ0) is 18.3. The van der Waals surface area contributed by atoms with Crippen molar-refractivity contribution >= 4 is 23.1 Å². The Morgan fingerprint density at radius 3 is 3.00 bits per heavy atom. The summed E-state index contributed by atoms with van der Waals surface area (Å²) < 4.78 is 13.4. The normalized spacial score (nSPS) is 16.4. The fraction of sp³-hybridized carbons (Fsp3) is 0.263. The third-order valence-corrected chi connectivity index (χ3v) is 5.61. The Bertz CT molecular complexity index is 951. The molecule has 4 rings (SSSR count). The van der Waals surface area contributed by atoms with E-state index < -0.39 is 0 Å². The predicted octanol–water partition coefficient (Wildman–Crippen LogP) is 4.56. The van der Waals surface area contributed by atoms with Gasteiger partial charge >= 0.3 is 6.03 Å². The van der Waals surface area contributed by atoms with Gasteiger partial charge in [0.1, 0.15) is 11.5 Å². The first kappa shape index (κ1) is 16.8. The summed E-state index contributed by atoms with van der Waals surface area (Å²) in [6, 6.07) is 8.47. The van der Waals surface area contributed by atoms with Gasteiger partial charge in [-0.05, 0) is 49.1 Å². The highest BCUT2D eigenvalue weighted by atomic mass is 32.1. The van der Waals surface area contributed by atoms with Crippen LogP contribution in [0, 0.1) is 12.7 Å². The molecule has 1 unspecified atom stereocenters. The molecule has 26 heavy (non-hydrogen) atoms. The average Bonchev–Trinajstić information content (AvgIpc) is 3.26. The maximum absolute atomic E-state index is 13.4. The first-order chi connectivity index (χ1) is 12.5. The highest BCUT2D eigenvalue weighted by Crippen LogP contribution is 2.33. The number of aryl methyl sites for hydroxylation is 1. The van der Waals surface area contributed by atoms with Crippen LogP contribution >= 0.6 is 11.3 Å². The number of nitrogens with one attached hydrogen (secondary N) is 2. The first-order valence-electron chi connectivity index (χ1n) is 8.46. The monoisotopic (exact) mass is 370 g/mol. The molecular formula is C19H19FN4OS. The largest absolute Gasteiger partial charge is 0.322 e. The Balaban J connectivity index is 1.57. The quantitative estimate of drug-likeness (QED) is 0.694. The Hall–Kier alpha value is -2.67. The van der Waals surface area contributed by atoms with Gasteiger partial charge in [-0.1, -0.05) is 6.07 Å². The lowest BCUT2D eigenvalue weighted by Crippen LogP contribution is -2.44. The van der Waals surface area contributed by atoms with Crippen LogP contribution < -0.4 is 5.32 Å². The molecular weight excluding hydrogens is 351 g/mol. The minimum absolute atomic E-state index is 0.0423. The molecule has 2 amide bonds. The summed E-state index contributed by atoms with van der Waals surface area (Å²) in [7, 11) is 0. The number of hydrogen-bond acceptors (Lipinski definition) is 3. The molecule has 0 radical (unpaired) electrons. The number of carbonyl (C=O) groups is 1. The van der Waals surface area contributed by atoms with Crippen molar-refractivity contribution < 1.29 is 9.18 Å². The van der Waals surface area contributed by atoms with E-state index in [9.17, 15) is 9.18 Å². The van der Waals surface area contributed by atoms with E-state index in [2.05, 4.69) is 15.5 Å². The molecule has 2 N–H and O–H groups in total. The highest BCUT2D eigenvalue weighted by Gasteiger charge is 2.31. The second-order valence-electron chi connectivity index (χ2n) is 6.58. The van der Waals surface area contributed by atoms with Crippen LogP contribution in [0.3, 0.4) is 0 Å². The van der Waals surface area contributed by atoms with Crippen LogP contribution in [0.15, 0.2) is 35.7 Å². The van der Waals surface area contributed by atoms with E-state index in [1.807, 2.05) is 24.4 Å². The van der Waals surface area contributed by atoms with Crippen molar-refractivity contribution in [1.29, 1.82) is 0 Å². The molecule has 1 aromatic carbocycles. The Morgan fingerprint density at radius 1 is 1.42 bits per heavy atom. The van der Waals surface area contributed by atoms with Crippen molar-refractivity contribution in [2.45, 2.75) is 32.9 Å². The van der Waals surface area contributed by atoms with Gasteiger partial charge in [0.2, 0.25) is 0 Å². The number of benzene rings is 1. The number of H-pyrrole nitrogens is 1. The van der Waals surface area contributed by atoms with Crippen LogP contribution in [0.2, 0.25) is 0 Å². The summed E-state index contributed by atoms with van der Waals surface area (Å²) in [5, 5.41) is 12.5. The van der Waals surface area contributed by atoms with Gasteiger partial charge in [-0.25, -0.2) is 9.18 Å². The molecule has 0 saturated carbocycles. The number of nitrogens with zero attached hydrogens (tertiary/aromatic N) is 2. The van der Waals surface area contributed by atoms with Gasteiger partial charge in [0.05, 0.1) is 11.4 Å². The number of halogens is 1. The number of thiophene rings is 1. The molecule has 134 valence electrons. The summed E-state index contributed by atoms with van der Waals surface area (Å²) in [4.78, 5) is 15.7. The number of urea groups is 1. The maximum Gasteiger partial charge on any atom is 0.322 e. The molecule has 7 heteroatoms. The number of carbonyl (C=O) groups excluding carboxylic acids is 1. The fourth-order valence-corrected chi connectivity index (χ4v) is 4.02. The van der Waals surface area contributed by atoms with Crippen molar-refractivity contribution in [2.24, 2.45) is 0 Å². The lowest BCUT2D eigenvalue weighted by Gasteiger charge is -2.33. The molecule has 0 saturated heterocycles. The summed E-state index contributed by atoms with van der Waals surface area (Å²) in [6.45, 7) is 4.19. The first-order valence-corrected chi connectivity index (χ1v) is 9.34. The lowest BCUT2D eigenvalue weighted by molar-refractivity contribution is 0.182. The second kappa shape index (κ2) is 6.57. The van der Waals surface area contributed by atoms with Crippen LogP contribution in [0.4, 0.5) is 14.9 Å². The minimum Gasteiger partial charge on any atom is -0.317 e. The van der Waals surface area contributed by atoms with Gasteiger partial charge < -0.3 is 10.2 Å². The van der Waals surface area contributed by atoms with E-state index in [1.165, 1.54) is 6.07 Å². The average molecular weight is 370 g/mol. The van der Waals surface area contributed by atoms with E-state index in [1.54, 1.807) is 35.3 Å². The number of hydrogen-bond donors (Lipinski definition) is 2. The predicted molar refractivity (Wildman–Crippen MR) is 101 cm³/mol. The number of rotatable bonds is 2. The molecule has 1 aliphatic heterocycles. The van der Waals surface area contributed by atoms with Crippen molar-refractivity contribution in [2.75, 3.05) is 5.32 Å². The smallest absolute Gasteiger partial charge is 0.317 e. The number of amides is 2. The van der Waals surface area contributed by atoms with E-state index in [0.29, 0.717) is 17.8 Å². The van der Waals surface area contributed by atoms with Crippen molar-refractivity contribution in [1.82, 2.24) is 15.1 Å². The summed E-state index contributed by atoms with van der Waals surface area (Å²) in [5.41, 5.74) is 4.17. The van der Waals surface area contributed by atoms with Gasteiger partial charge in [0.15, 0.2) is 0 Å². The number of anilines is 1. The zero-order valence-electron chi connectivity index (χ0n) is 14.5. The van der Waals surface area contributed by atoms with Crippen LogP contribution in [0.5, 0.6) is 0 Å². The van der Waals surface area contributed by atoms with Crippen LogP contribution in [-0.2, 0) is 13.0 Å². The molecule has 3 aromatic rings. The summed E-state index contributed by atoms with van der Waals surface area (Å²) in [5.74, 6) is -0.280. The third-order valence-electron chi connectivity index (χ3n) is 4.74. The molecule has 5 nitrogen and oxygen atoms in total. The number of aromatic amines is 1.